The van der Waals surface area contributed by atoms with Crippen LogP contribution in [0.25, 0.3) is 0 Å². The second kappa shape index (κ2) is 11.1. The highest BCUT2D eigenvalue weighted by Crippen LogP contribution is 2.30. The summed E-state index contributed by atoms with van der Waals surface area (Å²) >= 11 is 1.21. The molecule has 0 bridgehead atoms. The summed E-state index contributed by atoms with van der Waals surface area (Å²) in [5, 5.41) is 13.4. The van der Waals surface area contributed by atoms with Crippen molar-refractivity contribution in [1.29, 1.82) is 0 Å². The van der Waals surface area contributed by atoms with Crippen LogP contribution in [-0.2, 0) is 14.8 Å². The fraction of sp³-hybridized carbons (Fsp3) is 0.350. The first-order chi connectivity index (χ1) is 14.7. The quantitative estimate of drug-likeness (QED) is 0.304. The molecule has 2 rings (SSSR count). The van der Waals surface area contributed by atoms with E-state index in [4.69, 9.17) is 4.74 Å². The van der Waals surface area contributed by atoms with E-state index >= 15 is 0 Å². The van der Waals surface area contributed by atoms with Gasteiger partial charge in [-0.05, 0) is 37.3 Å². The van der Waals surface area contributed by atoms with Gasteiger partial charge in [0.15, 0.2) is 0 Å². The van der Waals surface area contributed by atoms with E-state index in [9.17, 15) is 23.3 Å². The number of nitrogens with one attached hydrogen (secondary N) is 1. The van der Waals surface area contributed by atoms with Crippen molar-refractivity contribution < 1.29 is 22.9 Å². The molecule has 2 aromatic carbocycles. The molecule has 2 aromatic rings. The van der Waals surface area contributed by atoms with Crippen molar-refractivity contribution in [3.05, 3.63) is 52.6 Å². The van der Waals surface area contributed by atoms with Crippen LogP contribution in [0.15, 0.2) is 52.3 Å². The standard InChI is InChI=1S/C20H25N3O6S2/c1-4-22(5-2)31(27,28)17-11-12-19(29-6-3)18(13-17)21-20(24)14-30-16-9-7-15(8-10-16)23(25)26/h7-13H,4-6,14H2,1-3H3,(H,21,24). The number of hydrogen-bond acceptors (Lipinski definition) is 7. The lowest BCUT2D eigenvalue weighted by atomic mass is 10.3. The topological polar surface area (TPSA) is 119 Å². The molecule has 0 unspecified atom stereocenters. The molecular formula is C20H25N3O6S2. The number of benzene rings is 2. The van der Waals surface area contributed by atoms with E-state index in [0.717, 1.165) is 0 Å². The highest BCUT2D eigenvalue weighted by atomic mass is 32.2. The third kappa shape index (κ3) is 6.42. The van der Waals surface area contributed by atoms with Gasteiger partial charge in [-0.3, -0.25) is 14.9 Å². The Morgan fingerprint density at radius 1 is 1.13 bits per heavy atom. The van der Waals surface area contributed by atoms with Crippen molar-refractivity contribution in [2.24, 2.45) is 0 Å². The summed E-state index contributed by atoms with van der Waals surface area (Å²) in [6, 6.07) is 10.3. The largest absolute Gasteiger partial charge is 0.492 e. The molecule has 0 heterocycles. The molecule has 0 radical (unpaired) electrons. The zero-order valence-corrected chi connectivity index (χ0v) is 19.2. The minimum absolute atomic E-state index is 0.0265. The number of nitrogens with zero attached hydrogens (tertiary/aromatic N) is 2. The van der Waals surface area contributed by atoms with Gasteiger partial charge in [-0.15, -0.1) is 11.8 Å². The number of carbonyl (C=O) groups is 1. The molecule has 0 aromatic heterocycles. The average molecular weight is 468 g/mol. The zero-order valence-electron chi connectivity index (χ0n) is 17.5. The number of amides is 1. The molecule has 1 N–H and O–H groups in total. The number of ether oxygens (including phenoxy) is 1. The van der Waals surface area contributed by atoms with Gasteiger partial charge in [0.2, 0.25) is 15.9 Å². The first kappa shape index (κ1) is 24.6. The number of sulfonamides is 1. The minimum Gasteiger partial charge on any atom is -0.492 e. The van der Waals surface area contributed by atoms with Crippen LogP contribution >= 0.6 is 11.8 Å². The second-order valence-electron chi connectivity index (χ2n) is 6.27. The Balaban J connectivity index is 2.17. The Bertz CT molecular complexity index is 1020. The van der Waals surface area contributed by atoms with Gasteiger partial charge >= 0.3 is 0 Å². The van der Waals surface area contributed by atoms with E-state index in [2.05, 4.69) is 5.32 Å². The molecule has 1 amide bonds. The predicted molar refractivity (Wildman–Crippen MR) is 120 cm³/mol. The van der Waals surface area contributed by atoms with Gasteiger partial charge in [0.25, 0.3) is 5.69 Å². The van der Waals surface area contributed by atoms with Gasteiger partial charge in [0.1, 0.15) is 5.75 Å². The monoisotopic (exact) mass is 467 g/mol. The van der Waals surface area contributed by atoms with Gasteiger partial charge in [0.05, 0.1) is 27.9 Å². The molecule has 9 nitrogen and oxygen atoms in total. The van der Waals surface area contributed by atoms with Gasteiger partial charge in [-0.2, -0.15) is 4.31 Å². The van der Waals surface area contributed by atoms with Gasteiger partial charge < -0.3 is 10.1 Å². The number of non-ortho nitro benzene ring substituents is 1. The molecule has 0 saturated heterocycles. The average Bonchev–Trinajstić information content (AvgIpc) is 2.74. The fourth-order valence-corrected chi connectivity index (χ4v) is 4.94. The zero-order chi connectivity index (χ0) is 23.0. The van der Waals surface area contributed by atoms with E-state index in [1.165, 1.54) is 46.4 Å². The predicted octanol–water partition coefficient (Wildman–Crippen LogP) is 3.75. The molecule has 0 fully saturated rings. The van der Waals surface area contributed by atoms with Crippen molar-refractivity contribution in [3.8, 4) is 5.75 Å². The van der Waals surface area contributed by atoms with Crippen LogP contribution in [0.1, 0.15) is 20.8 Å². The van der Waals surface area contributed by atoms with E-state index in [-0.39, 0.29) is 27.9 Å². The first-order valence-corrected chi connectivity index (χ1v) is 12.1. The summed E-state index contributed by atoms with van der Waals surface area (Å²) in [5.74, 6) is 0.0486. The number of rotatable bonds is 11. The van der Waals surface area contributed by atoms with Crippen molar-refractivity contribution in [1.82, 2.24) is 4.31 Å². The van der Waals surface area contributed by atoms with Crippen LogP contribution in [0, 0.1) is 10.1 Å². The lowest BCUT2D eigenvalue weighted by molar-refractivity contribution is -0.384. The van der Waals surface area contributed by atoms with Crippen molar-refractivity contribution >= 4 is 39.1 Å². The SMILES string of the molecule is CCOc1ccc(S(=O)(=O)N(CC)CC)cc1NC(=O)CSc1ccc([N+](=O)[O-])cc1. The first-order valence-electron chi connectivity index (χ1n) is 9.67. The fourth-order valence-electron chi connectivity index (χ4n) is 2.76. The minimum atomic E-state index is -3.69. The van der Waals surface area contributed by atoms with E-state index in [1.54, 1.807) is 32.9 Å². The molecule has 11 heteroatoms. The number of carbonyl (C=O) groups excluding carboxylic acids is 1. The van der Waals surface area contributed by atoms with E-state index in [1.807, 2.05) is 0 Å². The van der Waals surface area contributed by atoms with Gasteiger partial charge in [-0.1, -0.05) is 13.8 Å². The highest BCUT2D eigenvalue weighted by Gasteiger charge is 2.23. The molecule has 0 aliphatic carbocycles. The Kier molecular flexibility index (Phi) is 8.84. The number of hydrogen-bond donors (Lipinski definition) is 1. The third-order valence-electron chi connectivity index (χ3n) is 4.29. The molecule has 31 heavy (non-hydrogen) atoms. The van der Waals surface area contributed by atoms with E-state index in [0.29, 0.717) is 30.3 Å². The third-order valence-corrected chi connectivity index (χ3v) is 7.34. The number of thioether (sulfide) groups is 1. The summed E-state index contributed by atoms with van der Waals surface area (Å²) < 4.78 is 32.5. The smallest absolute Gasteiger partial charge is 0.269 e. The number of anilines is 1. The van der Waals surface area contributed by atoms with Gasteiger partial charge in [-0.25, -0.2) is 8.42 Å². The Hall–Kier alpha value is -2.63. The molecule has 0 aliphatic rings. The maximum absolute atomic E-state index is 12.8. The van der Waals surface area contributed by atoms with E-state index < -0.39 is 14.9 Å². The van der Waals surface area contributed by atoms with Crippen molar-refractivity contribution in [2.45, 2.75) is 30.6 Å². The highest BCUT2D eigenvalue weighted by molar-refractivity contribution is 8.00. The number of nitro groups is 1. The van der Waals surface area contributed by atoms with Crippen LogP contribution in [0.4, 0.5) is 11.4 Å². The Labute approximate surface area is 186 Å². The molecule has 0 spiro atoms. The Morgan fingerprint density at radius 2 is 1.77 bits per heavy atom. The summed E-state index contributed by atoms with van der Waals surface area (Å²) in [6.07, 6.45) is 0. The molecular weight excluding hydrogens is 442 g/mol. The van der Waals surface area contributed by atoms with Crippen molar-refractivity contribution in [2.75, 3.05) is 30.8 Å². The van der Waals surface area contributed by atoms with Crippen molar-refractivity contribution in [3.63, 3.8) is 0 Å². The molecule has 168 valence electrons. The van der Waals surface area contributed by atoms with Crippen LogP contribution < -0.4 is 10.1 Å². The summed E-state index contributed by atoms with van der Waals surface area (Å²) in [7, 11) is -3.69. The summed E-state index contributed by atoms with van der Waals surface area (Å²) in [6.45, 7) is 6.32. The van der Waals surface area contributed by atoms with Crippen LogP contribution in [0.2, 0.25) is 0 Å². The van der Waals surface area contributed by atoms with Crippen LogP contribution in [-0.4, -0.2) is 49.0 Å². The summed E-state index contributed by atoms with van der Waals surface area (Å²) in [5.41, 5.74) is 0.241. The lowest BCUT2D eigenvalue weighted by Crippen LogP contribution is -2.30. The number of nitro benzene ring substituents is 1. The van der Waals surface area contributed by atoms with Gasteiger partial charge in [0, 0.05) is 30.1 Å². The molecule has 0 saturated carbocycles. The molecule has 0 aliphatic heterocycles. The Morgan fingerprint density at radius 3 is 2.32 bits per heavy atom. The molecule has 0 atom stereocenters. The van der Waals surface area contributed by atoms with Crippen LogP contribution in [0.3, 0.4) is 0 Å². The van der Waals surface area contributed by atoms with Crippen LogP contribution in [0.5, 0.6) is 5.75 Å². The summed E-state index contributed by atoms with van der Waals surface area (Å²) in [4.78, 5) is 23.5. The lowest BCUT2D eigenvalue weighted by Gasteiger charge is -2.20. The second-order valence-corrected chi connectivity index (χ2v) is 9.25. The maximum Gasteiger partial charge on any atom is 0.269 e. The normalized spacial score (nSPS) is 11.4. The maximum atomic E-state index is 12.8.